The highest BCUT2D eigenvalue weighted by Crippen LogP contribution is 2.30. The Morgan fingerprint density at radius 3 is 2.05 bits per heavy atom. The van der Waals surface area contributed by atoms with Gasteiger partial charge in [-0.15, -0.1) is 0 Å². The number of hydrogen-bond donors (Lipinski definition) is 5. The van der Waals surface area contributed by atoms with Crippen molar-refractivity contribution >= 4 is 41.1 Å². The van der Waals surface area contributed by atoms with E-state index in [9.17, 15) is 44.1 Å². The van der Waals surface area contributed by atoms with Gasteiger partial charge in [-0.05, 0) is 44.9 Å². The number of Topliss-reactive ketones (excluding diaryl/α,β-unsaturated/α-hetero) is 1. The maximum Gasteiger partial charge on any atom is 0.311 e. The number of benzene rings is 1. The highest BCUT2D eigenvalue weighted by molar-refractivity contribution is 6.13. The van der Waals surface area contributed by atoms with E-state index in [4.69, 9.17) is 33.2 Å². The Balaban J connectivity index is 1.22. The van der Waals surface area contributed by atoms with Gasteiger partial charge in [-0.2, -0.15) is 0 Å². The summed E-state index contributed by atoms with van der Waals surface area (Å²) < 4.78 is 38.2. The second kappa shape index (κ2) is 25.2. The molecule has 3 rings (SSSR count). The van der Waals surface area contributed by atoms with Crippen LogP contribution in [0.3, 0.4) is 0 Å². The van der Waals surface area contributed by atoms with Crippen molar-refractivity contribution in [3.8, 4) is 5.75 Å². The lowest BCUT2D eigenvalue weighted by Crippen LogP contribution is -2.54. The number of carbonyl (C=O) groups excluding carboxylic acids is 6. The number of hydrogen-bond acceptors (Lipinski definition) is 16. The van der Waals surface area contributed by atoms with Gasteiger partial charge in [0.1, 0.15) is 36.5 Å². The number of aliphatic hydroxyl groups is 3. The van der Waals surface area contributed by atoms with Gasteiger partial charge in [0.25, 0.3) is 11.8 Å². The van der Waals surface area contributed by atoms with Crippen molar-refractivity contribution in [2.24, 2.45) is 5.41 Å². The number of carbonyl (C=O) groups is 6. The number of ketones is 1. The van der Waals surface area contributed by atoms with Crippen LogP contribution >= 0.6 is 0 Å². The molecule has 4 amide bonds. The van der Waals surface area contributed by atoms with E-state index in [1.807, 2.05) is 0 Å². The Morgan fingerprint density at radius 1 is 0.793 bits per heavy atom. The minimum atomic E-state index is -1.57. The monoisotopic (exact) mass is 823 g/mol. The van der Waals surface area contributed by atoms with E-state index < -0.39 is 53.7 Å². The van der Waals surface area contributed by atoms with Gasteiger partial charge in [0.05, 0.1) is 64.0 Å². The molecule has 324 valence electrons. The fourth-order valence-corrected chi connectivity index (χ4v) is 5.17. The molecule has 0 spiro atoms. The summed E-state index contributed by atoms with van der Waals surface area (Å²) in [6.07, 6.45) is -2.43. The van der Waals surface area contributed by atoms with Crippen LogP contribution in [-0.2, 0) is 63.8 Å². The van der Waals surface area contributed by atoms with Crippen LogP contribution in [0.4, 0.5) is 5.69 Å². The van der Waals surface area contributed by atoms with Crippen molar-refractivity contribution in [3.05, 3.63) is 35.9 Å². The summed E-state index contributed by atoms with van der Waals surface area (Å²) in [7, 11) is 0. The lowest BCUT2D eigenvalue weighted by atomic mass is 9.97. The molecular formula is C39H57N3O16. The van der Waals surface area contributed by atoms with E-state index in [0.717, 1.165) is 4.90 Å². The third-order valence-corrected chi connectivity index (χ3v) is 8.52. The zero-order valence-corrected chi connectivity index (χ0v) is 33.3. The molecule has 1 aromatic rings. The molecule has 5 N–H and O–H groups in total. The molecule has 19 nitrogen and oxygen atoms in total. The van der Waals surface area contributed by atoms with Crippen molar-refractivity contribution in [2.75, 3.05) is 77.9 Å². The first kappa shape index (κ1) is 48.0. The summed E-state index contributed by atoms with van der Waals surface area (Å²) in [6.45, 7) is 7.38. The second-order valence-corrected chi connectivity index (χ2v) is 14.4. The van der Waals surface area contributed by atoms with Crippen LogP contribution in [0.2, 0.25) is 0 Å². The van der Waals surface area contributed by atoms with Crippen molar-refractivity contribution in [2.45, 2.75) is 84.1 Å². The fourth-order valence-electron chi connectivity index (χ4n) is 5.17. The number of imide groups is 1. The fraction of sp³-hybridized carbons (Fsp3) is 0.641. The smallest absolute Gasteiger partial charge is 0.311 e. The van der Waals surface area contributed by atoms with E-state index >= 15 is 0 Å². The van der Waals surface area contributed by atoms with Crippen molar-refractivity contribution in [1.82, 2.24) is 10.2 Å². The molecule has 2 aliphatic rings. The van der Waals surface area contributed by atoms with Crippen molar-refractivity contribution < 1.29 is 77.2 Å². The number of anilines is 1. The van der Waals surface area contributed by atoms with Gasteiger partial charge < -0.3 is 59.1 Å². The maximum atomic E-state index is 12.9. The van der Waals surface area contributed by atoms with E-state index in [2.05, 4.69) is 10.6 Å². The lowest BCUT2D eigenvalue weighted by Gasteiger charge is -2.35. The number of nitrogens with one attached hydrogen (secondary N) is 2. The van der Waals surface area contributed by atoms with E-state index in [1.165, 1.54) is 24.3 Å². The molecule has 1 aromatic carbocycles. The molecule has 0 radical (unpaired) electrons. The molecule has 0 unspecified atom stereocenters. The van der Waals surface area contributed by atoms with E-state index in [1.54, 1.807) is 26.8 Å². The number of nitrogens with zero attached hydrogens (tertiary/aromatic N) is 1. The molecular weight excluding hydrogens is 766 g/mol. The molecule has 2 heterocycles. The Hall–Kier alpha value is -4.34. The minimum Gasteiger partial charge on any atom is -0.460 e. The highest BCUT2D eigenvalue weighted by atomic mass is 16.7. The first-order valence-corrected chi connectivity index (χ1v) is 19.2. The molecule has 1 fully saturated rings. The molecule has 0 aliphatic carbocycles. The SMILES string of the molecule is CC(C)(C)C(=O)OCc1ccc(O[C@@H]2OC[C@@H](O)[C@H](O)[C@H]2O)c(NC(=O)CCNC(=O)CCOCCOCCOCCOCCCC(=O)CCN2C(=O)C=CC2=O)c1. The third kappa shape index (κ3) is 17.7. The van der Waals surface area contributed by atoms with Gasteiger partial charge in [0, 0.05) is 57.5 Å². The minimum absolute atomic E-state index is 0.0252. The number of rotatable bonds is 27. The van der Waals surface area contributed by atoms with Gasteiger partial charge in [-0.1, -0.05) is 6.07 Å². The summed E-state index contributed by atoms with van der Waals surface area (Å²) in [5.41, 5.74) is -0.0335. The van der Waals surface area contributed by atoms with Gasteiger partial charge >= 0.3 is 5.97 Å². The van der Waals surface area contributed by atoms with Crippen LogP contribution in [0.25, 0.3) is 0 Å². The van der Waals surface area contributed by atoms with Crippen LogP contribution < -0.4 is 15.4 Å². The van der Waals surface area contributed by atoms with Crippen LogP contribution in [0.5, 0.6) is 5.75 Å². The zero-order valence-electron chi connectivity index (χ0n) is 33.3. The molecule has 19 heteroatoms. The molecule has 0 saturated carbocycles. The summed E-state index contributed by atoms with van der Waals surface area (Å²) in [4.78, 5) is 73.4. The average Bonchev–Trinajstić information content (AvgIpc) is 3.50. The first-order chi connectivity index (χ1) is 27.6. The van der Waals surface area contributed by atoms with Crippen LogP contribution in [0, 0.1) is 5.41 Å². The molecule has 58 heavy (non-hydrogen) atoms. The van der Waals surface area contributed by atoms with E-state index in [0.29, 0.717) is 58.0 Å². The molecule has 4 atom stereocenters. The van der Waals surface area contributed by atoms with Crippen LogP contribution in [0.1, 0.15) is 58.4 Å². The van der Waals surface area contributed by atoms with Crippen molar-refractivity contribution in [3.63, 3.8) is 0 Å². The predicted octanol–water partition coefficient (Wildman–Crippen LogP) is 0.159. The standard InChI is InChI=1S/C39H57N3O16/c1-39(2,3)38(51)57-24-26-6-7-30(58-37-36(50)35(49)29(44)25-56-37)28(23-26)41-32(46)10-13-40-31(45)12-16-53-18-20-55-22-21-54-19-17-52-15-4-5-27(43)11-14-42-33(47)8-9-34(42)48/h6-9,23,29,35-37,44,49-50H,4-5,10-22,24-25H2,1-3H3,(H,40,45)(H,41,46)/t29-,35+,36-,37+/m1/s1. The number of ether oxygens (including phenoxy) is 7. The van der Waals surface area contributed by atoms with Gasteiger partial charge in [0.15, 0.2) is 0 Å². The average molecular weight is 824 g/mol. The summed E-state index contributed by atoms with van der Waals surface area (Å²) in [5, 5.41) is 35.5. The molecule has 1 saturated heterocycles. The normalized spacial score (nSPS) is 19.3. The Bertz CT molecular complexity index is 1530. The number of aliphatic hydroxyl groups excluding tert-OH is 3. The predicted molar refractivity (Wildman–Crippen MR) is 203 cm³/mol. The number of amides is 4. The zero-order chi connectivity index (χ0) is 42.5. The highest BCUT2D eigenvalue weighted by Gasteiger charge is 2.39. The third-order valence-electron chi connectivity index (χ3n) is 8.52. The maximum absolute atomic E-state index is 12.9. The number of esters is 1. The summed E-state index contributed by atoms with van der Waals surface area (Å²) in [6, 6.07) is 4.60. The van der Waals surface area contributed by atoms with Crippen molar-refractivity contribution in [1.29, 1.82) is 0 Å². The lowest BCUT2D eigenvalue weighted by molar-refractivity contribution is -0.241. The van der Waals surface area contributed by atoms with Gasteiger partial charge in [-0.3, -0.25) is 33.7 Å². The van der Waals surface area contributed by atoms with Gasteiger partial charge in [0.2, 0.25) is 18.1 Å². The van der Waals surface area contributed by atoms with Crippen LogP contribution in [0.15, 0.2) is 30.4 Å². The topological polar surface area (TPSA) is 255 Å². The first-order valence-electron chi connectivity index (χ1n) is 19.2. The second-order valence-electron chi connectivity index (χ2n) is 14.4. The van der Waals surface area contributed by atoms with Gasteiger partial charge in [-0.25, -0.2) is 0 Å². The Labute approximate surface area is 337 Å². The summed E-state index contributed by atoms with van der Waals surface area (Å²) in [5.74, 6) is -1.98. The largest absolute Gasteiger partial charge is 0.460 e. The molecule has 0 bridgehead atoms. The van der Waals surface area contributed by atoms with Crippen LogP contribution in [-0.4, -0.2) is 153 Å². The summed E-state index contributed by atoms with van der Waals surface area (Å²) >= 11 is 0. The Morgan fingerprint density at radius 2 is 1.41 bits per heavy atom. The molecule has 0 aromatic heterocycles. The molecule has 2 aliphatic heterocycles. The quantitative estimate of drug-likeness (QED) is 0.0450. The van der Waals surface area contributed by atoms with E-state index in [-0.39, 0.29) is 81.9 Å². The Kier molecular flexibility index (Phi) is 20.9.